The molecule has 0 radical (unpaired) electrons. The summed E-state index contributed by atoms with van der Waals surface area (Å²) in [5.41, 5.74) is 13.9. The van der Waals surface area contributed by atoms with Gasteiger partial charge < -0.3 is 15.5 Å². The van der Waals surface area contributed by atoms with E-state index in [-0.39, 0.29) is 18.3 Å². The molecule has 204 valence electrons. The SMILES string of the molecule is C=CC1=C(C)C2=NC1=CC1=NC(=CC3=C(C)C4=C(O)CC(=C5NC(=C2)[C@@H](C)[C@@H]5CCC(=O)O)C4=N3)C(CC)=C1C. The van der Waals surface area contributed by atoms with Crippen molar-refractivity contribution in [3.63, 3.8) is 0 Å². The van der Waals surface area contributed by atoms with Crippen LogP contribution < -0.4 is 5.32 Å². The van der Waals surface area contributed by atoms with Gasteiger partial charge in [-0.15, -0.1) is 0 Å². The van der Waals surface area contributed by atoms with E-state index in [0.29, 0.717) is 18.6 Å². The van der Waals surface area contributed by atoms with Crippen molar-refractivity contribution in [3.8, 4) is 0 Å². The van der Waals surface area contributed by atoms with E-state index < -0.39 is 5.97 Å². The monoisotopic (exact) mass is 534 g/mol. The highest BCUT2D eigenvalue weighted by Gasteiger charge is 2.41. The van der Waals surface area contributed by atoms with Crippen LogP contribution in [0.25, 0.3) is 0 Å². The zero-order chi connectivity index (χ0) is 28.5. The van der Waals surface area contributed by atoms with Crippen LogP contribution in [0.5, 0.6) is 0 Å². The number of carboxylic acid groups (broad SMARTS) is 1. The molecule has 7 nitrogen and oxygen atoms in total. The zero-order valence-corrected chi connectivity index (χ0v) is 23.6. The standard InChI is InChI=1S/C33H34N4O3/c1-7-19-15(3)23-12-25-17(5)21(9-10-30(39)40)32(36-25)22-11-29(38)31-18(6)26(37-33(22)31)14-28-20(8-2)16(4)24(35-28)13-27(19)34-23/h7,12-14,17,21,36,38H,1,8-11H2,2-6H3,(H,39,40)/t17-,21-/m0/s1. The van der Waals surface area contributed by atoms with E-state index in [1.807, 2.05) is 25.2 Å². The molecule has 2 atom stereocenters. The lowest BCUT2D eigenvalue weighted by Gasteiger charge is -2.17. The van der Waals surface area contributed by atoms with Crippen molar-refractivity contribution in [2.24, 2.45) is 26.8 Å². The lowest BCUT2D eigenvalue weighted by Crippen LogP contribution is -2.15. The van der Waals surface area contributed by atoms with E-state index in [4.69, 9.17) is 15.0 Å². The fraction of sp³-hybridized carbons (Fsp3) is 0.333. The molecule has 40 heavy (non-hydrogen) atoms. The highest BCUT2D eigenvalue weighted by molar-refractivity contribution is 6.21. The summed E-state index contributed by atoms with van der Waals surface area (Å²) >= 11 is 0. The van der Waals surface area contributed by atoms with Crippen molar-refractivity contribution >= 4 is 23.1 Å². The van der Waals surface area contributed by atoms with Crippen molar-refractivity contribution in [1.29, 1.82) is 0 Å². The van der Waals surface area contributed by atoms with Crippen LogP contribution in [0.2, 0.25) is 0 Å². The molecule has 7 heteroatoms. The summed E-state index contributed by atoms with van der Waals surface area (Å²) in [4.78, 5) is 26.7. The maximum atomic E-state index is 11.6. The molecule has 0 aromatic carbocycles. The first-order valence-corrected chi connectivity index (χ1v) is 13.9. The number of aliphatic imine (C=N–C) groups is 3. The second-order valence-electron chi connectivity index (χ2n) is 11.2. The highest BCUT2D eigenvalue weighted by Crippen LogP contribution is 2.46. The minimum absolute atomic E-state index is 0.0368. The van der Waals surface area contributed by atoms with Gasteiger partial charge in [0.25, 0.3) is 0 Å². The minimum atomic E-state index is -0.819. The number of allylic oxidation sites excluding steroid dienone is 12. The van der Waals surface area contributed by atoms with E-state index in [1.165, 1.54) is 5.57 Å². The van der Waals surface area contributed by atoms with Crippen LogP contribution in [0, 0.1) is 11.8 Å². The summed E-state index contributed by atoms with van der Waals surface area (Å²) in [7, 11) is 0. The third-order valence-electron chi connectivity index (χ3n) is 8.97. The van der Waals surface area contributed by atoms with Crippen molar-refractivity contribution in [2.45, 2.75) is 60.3 Å². The third-order valence-corrected chi connectivity index (χ3v) is 8.97. The number of rotatable bonds is 5. The van der Waals surface area contributed by atoms with E-state index in [1.54, 1.807) is 0 Å². The predicted molar refractivity (Wildman–Crippen MR) is 159 cm³/mol. The predicted octanol–water partition coefficient (Wildman–Crippen LogP) is 6.71. The number of hydrogen-bond acceptors (Lipinski definition) is 6. The maximum Gasteiger partial charge on any atom is 0.303 e. The summed E-state index contributed by atoms with van der Waals surface area (Å²) in [6.07, 6.45) is 9.74. The van der Waals surface area contributed by atoms with E-state index in [9.17, 15) is 15.0 Å². The van der Waals surface area contributed by atoms with Gasteiger partial charge in [0.2, 0.25) is 0 Å². The van der Waals surface area contributed by atoms with E-state index in [0.717, 1.165) is 85.5 Å². The first-order chi connectivity index (χ1) is 19.1. The molecule has 1 saturated heterocycles. The second kappa shape index (κ2) is 9.44. The van der Waals surface area contributed by atoms with Gasteiger partial charge in [0.1, 0.15) is 5.76 Å². The average Bonchev–Trinajstić information content (AvgIpc) is 3.65. The van der Waals surface area contributed by atoms with Crippen LogP contribution in [0.1, 0.15) is 60.3 Å². The molecule has 1 fully saturated rings. The molecule has 6 aliphatic rings. The molecule has 8 bridgehead atoms. The number of aliphatic hydroxyl groups excluding tert-OH is 1. The van der Waals surface area contributed by atoms with Crippen LogP contribution in [0.4, 0.5) is 0 Å². The van der Waals surface area contributed by atoms with Crippen LogP contribution in [0.3, 0.4) is 0 Å². The van der Waals surface area contributed by atoms with Crippen molar-refractivity contribution < 1.29 is 15.0 Å². The molecule has 6 rings (SSSR count). The smallest absolute Gasteiger partial charge is 0.303 e. The first-order valence-electron chi connectivity index (χ1n) is 13.9. The molecule has 0 aromatic heterocycles. The summed E-state index contributed by atoms with van der Waals surface area (Å²) in [6.45, 7) is 14.5. The van der Waals surface area contributed by atoms with Crippen LogP contribution in [-0.4, -0.2) is 33.3 Å². The van der Waals surface area contributed by atoms with Gasteiger partial charge in [0, 0.05) is 52.8 Å². The van der Waals surface area contributed by atoms with Gasteiger partial charge in [-0.25, -0.2) is 15.0 Å². The van der Waals surface area contributed by atoms with Gasteiger partial charge in [-0.3, -0.25) is 4.79 Å². The number of nitrogens with one attached hydrogen (secondary N) is 1. The topological polar surface area (TPSA) is 107 Å². The van der Waals surface area contributed by atoms with Crippen molar-refractivity contribution in [2.75, 3.05) is 0 Å². The Labute approximate surface area is 234 Å². The Balaban J connectivity index is 1.62. The largest absolute Gasteiger partial charge is 0.511 e. The Morgan fingerprint density at radius 3 is 2.50 bits per heavy atom. The number of carboxylic acids is 1. The quantitative estimate of drug-likeness (QED) is 0.364. The Kier molecular flexibility index (Phi) is 6.13. The third kappa shape index (κ3) is 3.86. The van der Waals surface area contributed by atoms with Gasteiger partial charge >= 0.3 is 5.97 Å². The summed E-state index contributed by atoms with van der Waals surface area (Å²) < 4.78 is 0. The van der Waals surface area contributed by atoms with Crippen LogP contribution in [0.15, 0.2) is 119 Å². The number of nitrogens with zero attached hydrogens (tertiary/aromatic N) is 3. The minimum Gasteiger partial charge on any atom is -0.511 e. The molecule has 5 heterocycles. The Morgan fingerprint density at radius 1 is 1.07 bits per heavy atom. The first kappa shape index (κ1) is 26.0. The molecule has 0 amide bonds. The van der Waals surface area contributed by atoms with E-state index in [2.05, 4.69) is 45.7 Å². The maximum absolute atomic E-state index is 11.6. The number of carbonyl (C=O) groups is 1. The number of aliphatic hydroxyl groups is 1. The molecular formula is C33H34N4O3. The molecule has 5 aliphatic heterocycles. The average molecular weight is 535 g/mol. The lowest BCUT2D eigenvalue weighted by atomic mass is 9.86. The zero-order valence-electron chi connectivity index (χ0n) is 23.6. The molecule has 3 N–H and O–H groups in total. The molecule has 0 unspecified atom stereocenters. The lowest BCUT2D eigenvalue weighted by molar-refractivity contribution is -0.137. The van der Waals surface area contributed by atoms with Gasteiger partial charge in [0.15, 0.2) is 0 Å². The number of aliphatic carboxylic acids is 1. The summed E-state index contributed by atoms with van der Waals surface area (Å²) in [5, 5.41) is 24.3. The van der Waals surface area contributed by atoms with Crippen LogP contribution in [-0.2, 0) is 4.79 Å². The van der Waals surface area contributed by atoms with Gasteiger partial charge in [-0.05, 0) is 74.1 Å². The number of hydrogen-bond donors (Lipinski definition) is 3. The molecule has 0 spiro atoms. The fourth-order valence-electron chi connectivity index (χ4n) is 6.66. The molecule has 0 saturated carbocycles. The van der Waals surface area contributed by atoms with Crippen molar-refractivity contribution in [3.05, 3.63) is 104 Å². The van der Waals surface area contributed by atoms with Gasteiger partial charge in [-0.1, -0.05) is 26.5 Å². The Hall–Kier alpha value is -4.26. The van der Waals surface area contributed by atoms with Crippen LogP contribution >= 0.6 is 0 Å². The Morgan fingerprint density at radius 2 is 1.80 bits per heavy atom. The molecule has 1 aliphatic carbocycles. The van der Waals surface area contributed by atoms with Gasteiger partial charge in [0.05, 0.1) is 34.2 Å². The second-order valence-corrected chi connectivity index (χ2v) is 11.2. The van der Waals surface area contributed by atoms with Crippen molar-refractivity contribution in [1.82, 2.24) is 5.32 Å². The fourth-order valence-corrected chi connectivity index (χ4v) is 6.66. The molecule has 0 aromatic rings. The van der Waals surface area contributed by atoms with E-state index >= 15 is 0 Å². The summed E-state index contributed by atoms with van der Waals surface area (Å²) in [5.74, 6) is -0.530. The molecular weight excluding hydrogens is 500 g/mol. The Bertz CT molecular complexity index is 1660. The number of fused-ring (bicyclic) bond motifs is 5. The highest BCUT2D eigenvalue weighted by atomic mass is 16.4. The van der Waals surface area contributed by atoms with Gasteiger partial charge in [-0.2, -0.15) is 0 Å². The summed E-state index contributed by atoms with van der Waals surface area (Å²) in [6, 6.07) is 0. The normalized spacial score (nSPS) is 25.3.